The van der Waals surface area contributed by atoms with Crippen LogP contribution in [-0.2, 0) is 28.5 Å². The molecule has 6 atom stereocenters. The minimum Gasteiger partial charge on any atom is -0.462 e. The SMILES string of the molecule is CC/C=C\C/C=C\C/C=C\C/C=C\CCCCCCCCCCCCC(=O)OC(COC(=O)CCCCCCCCCC)COC1OC(CO)C(O)C(O)C1O. The Kier molecular flexibility index (Phi) is 34.1. The average molecular weight is 793 g/mol. The zero-order valence-corrected chi connectivity index (χ0v) is 35.1. The first-order chi connectivity index (χ1) is 27.3. The Labute approximate surface area is 339 Å². The molecule has 1 aliphatic heterocycles. The van der Waals surface area contributed by atoms with Crippen molar-refractivity contribution in [3.8, 4) is 0 Å². The Bertz CT molecular complexity index is 1050. The molecule has 56 heavy (non-hydrogen) atoms. The van der Waals surface area contributed by atoms with E-state index in [1.54, 1.807) is 0 Å². The zero-order chi connectivity index (χ0) is 40.9. The maximum atomic E-state index is 12.7. The van der Waals surface area contributed by atoms with Crippen LogP contribution in [0.25, 0.3) is 0 Å². The predicted octanol–water partition coefficient (Wildman–Crippen LogP) is 9.27. The molecule has 0 bridgehead atoms. The molecule has 6 unspecified atom stereocenters. The van der Waals surface area contributed by atoms with E-state index in [9.17, 15) is 30.0 Å². The molecule has 0 saturated carbocycles. The molecular weight excluding hydrogens is 712 g/mol. The number of allylic oxidation sites excluding steroid dienone is 8. The lowest BCUT2D eigenvalue weighted by atomic mass is 9.99. The first kappa shape index (κ1) is 51.7. The van der Waals surface area contributed by atoms with Crippen molar-refractivity contribution in [2.75, 3.05) is 19.8 Å². The van der Waals surface area contributed by atoms with Crippen molar-refractivity contribution in [2.45, 2.75) is 211 Å². The molecule has 0 aromatic heterocycles. The number of hydrogen-bond acceptors (Lipinski definition) is 10. The van der Waals surface area contributed by atoms with E-state index in [1.807, 2.05) is 0 Å². The van der Waals surface area contributed by atoms with Crippen molar-refractivity contribution in [1.82, 2.24) is 0 Å². The lowest BCUT2D eigenvalue weighted by molar-refractivity contribution is -0.305. The summed E-state index contributed by atoms with van der Waals surface area (Å²) in [6.45, 7) is 3.26. The van der Waals surface area contributed by atoms with Gasteiger partial charge in [0.1, 0.15) is 31.0 Å². The summed E-state index contributed by atoms with van der Waals surface area (Å²) in [5, 5.41) is 40.0. The average Bonchev–Trinajstić information content (AvgIpc) is 3.19. The van der Waals surface area contributed by atoms with Crippen LogP contribution in [0.1, 0.15) is 174 Å². The highest BCUT2D eigenvalue weighted by molar-refractivity contribution is 5.70. The van der Waals surface area contributed by atoms with E-state index >= 15 is 0 Å². The van der Waals surface area contributed by atoms with Gasteiger partial charge in [0, 0.05) is 12.8 Å². The van der Waals surface area contributed by atoms with Gasteiger partial charge in [0.15, 0.2) is 12.4 Å². The fraction of sp³-hybridized carbons (Fsp3) is 0.783. The molecule has 4 N–H and O–H groups in total. The number of carbonyl (C=O) groups excluding carboxylic acids is 2. The third-order valence-corrected chi connectivity index (χ3v) is 9.98. The van der Waals surface area contributed by atoms with E-state index in [4.69, 9.17) is 18.9 Å². The normalized spacial score (nSPS) is 20.9. The van der Waals surface area contributed by atoms with Crippen LogP contribution in [0.3, 0.4) is 0 Å². The van der Waals surface area contributed by atoms with Gasteiger partial charge in [0.25, 0.3) is 0 Å². The first-order valence-electron chi connectivity index (χ1n) is 22.2. The van der Waals surface area contributed by atoms with Crippen LogP contribution in [0.15, 0.2) is 48.6 Å². The second-order valence-corrected chi connectivity index (χ2v) is 15.1. The summed E-state index contributed by atoms with van der Waals surface area (Å²) in [5.74, 6) is -0.816. The van der Waals surface area contributed by atoms with Crippen LogP contribution in [0.5, 0.6) is 0 Å². The second-order valence-electron chi connectivity index (χ2n) is 15.1. The van der Waals surface area contributed by atoms with Gasteiger partial charge in [-0.2, -0.15) is 0 Å². The van der Waals surface area contributed by atoms with E-state index in [0.29, 0.717) is 6.42 Å². The molecule has 0 aliphatic carbocycles. The van der Waals surface area contributed by atoms with Gasteiger partial charge in [-0.1, -0.05) is 159 Å². The summed E-state index contributed by atoms with van der Waals surface area (Å²) < 4.78 is 22.1. The monoisotopic (exact) mass is 793 g/mol. The Morgan fingerprint density at radius 2 is 1.05 bits per heavy atom. The Morgan fingerprint density at radius 3 is 1.59 bits per heavy atom. The molecule has 0 spiro atoms. The highest BCUT2D eigenvalue weighted by Crippen LogP contribution is 2.22. The summed E-state index contributed by atoms with van der Waals surface area (Å²) >= 11 is 0. The number of aliphatic hydroxyl groups is 4. The number of aliphatic hydroxyl groups excluding tert-OH is 4. The van der Waals surface area contributed by atoms with E-state index in [-0.39, 0.29) is 32.0 Å². The third-order valence-electron chi connectivity index (χ3n) is 9.98. The Morgan fingerprint density at radius 1 is 0.571 bits per heavy atom. The van der Waals surface area contributed by atoms with Gasteiger partial charge in [-0.25, -0.2) is 0 Å². The lowest BCUT2D eigenvalue weighted by Crippen LogP contribution is -2.59. The van der Waals surface area contributed by atoms with Gasteiger partial charge in [-0.3, -0.25) is 9.59 Å². The van der Waals surface area contributed by atoms with Crippen molar-refractivity contribution in [2.24, 2.45) is 0 Å². The number of carbonyl (C=O) groups is 2. The Hall–Kier alpha value is -2.34. The van der Waals surface area contributed by atoms with E-state index in [2.05, 4.69) is 62.5 Å². The summed E-state index contributed by atoms with van der Waals surface area (Å²) in [4.78, 5) is 25.2. The van der Waals surface area contributed by atoms with Crippen molar-refractivity contribution >= 4 is 11.9 Å². The highest BCUT2D eigenvalue weighted by Gasteiger charge is 2.44. The number of hydrogen-bond donors (Lipinski definition) is 4. The van der Waals surface area contributed by atoms with E-state index < -0.39 is 49.4 Å². The Balaban J connectivity index is 2.25. The molecule has 324 valence electrons. The van der Waals surface area contributed by atoms with Gasteiger partial charge in [-0.15, -0.1) is 0 Å². The largest absolute Gasteiger partial charge is 0.462 e. The molecule has 1 saturated heterocycles. The number of unbranched alkanes of at least 4 members (excludes halogenated alkanes) is 17. The third kappa shape index (κ3) is 28.1. The minimum atomic E-state index is -1.59. The number of ether oxygens (including phenoxy) is 4. The van der Waals surface area contributed by atoms with Crippen molar-refractivity contribution in [3.63, 3.8) is 0 Å². The standard InChI is InChI=1S/C46H80O10/c1-3-5-7-9-11-13-14-15-16-17-18-19-20-21-22-23-24-25-26-27-29-31-33-35-42(49)55-39(37-53-41(48)34-32-30-28-12-10-8-6-4-2)38-54-46-45(52)44(51)43(50)40(36-47)56-46/h5,7,11,13,15-16,18-19,39-40,43-47,50-52H,3-4,6,8-10,12,14,17,20-38H2,1-2H3/b7-5-,13-11-,16-15-,19-18-. The summed E-state index contributed by atoms with van der Waals surface area (Å²) in [6.07, 6.45) is 35.6. The molecule has 0 amide bonds. The van der Waals surface area contributed by atoms with Gasteiger partial charge < -0.3 is 39.4 Å². The second kappa shape index (κ2) is 37.0. The molecule has 10 heteroatoms. The van der Waals surface area contributed by atoms with Crippen LogP contribution in [0.2, 0.25) is 0 Å². The predicted molar refractivity (Wildman–Crippen MR) is 224 cm³/mol. The highest BCUT2D eigenvalue weighted by atomic mass is 16.7. The molecule has 1 rings (SSSR count). The molecule has 0 radical (unpaired) electrons. The van der Waals surface area contributed by atoms with Crippen LogP contribution in [-0.4, -0.2) is 89.0 Å². The molecule has 1 fully saturated rings. The van der Waals surface area contributed by atoms with Crippen molar-refractivity contribution < 1.29 is 49.0 Å². The number of rotatable bonds is 36. The van der Waals surface area contributed by atoms with Crippen LogP contribution < -0.4 is 0 Å². The van der Waals surface area contributed by atoms with Gasteiger partial charge >= 0.3 is 11.9 Å². The molecule has 10 nitrogen and oxygen atoms in total. The van der Waals surface area contributed by atoms with Gasteiger partial charge in [0.05, 0.1) is 13.2 Å². The molecule has 1 heterocycles. The van der Waals surface area contributed by atoms with E-state index in [1.165, 1.54) is 64.2 Å². The molecule has 0 aromatic carbocycles. The summed E-state index contributed by atoms with van der Waals surface area (Å²) in [5.41, 5.74) is 0. The molecular formula is C46H80O10. The maximum absolute atomic E-state index is 12.7. The van der Waals surface area contributed by atoms with Crippen molar-refractivity contribution in [3.05, 3.63) is 48.6 Å². The fourth-order valence-corrected chi connectivity index (χ4v) is 6.47. The minimum absolute atomic E-state index is 0.219. The zero-order valence-electron chi connectivity index (χ0n) is 35.1. The quantitative estimate of drug-likeness (QED) is 0.0275. The smallest absolute Gasteiger partial charge is 0.306 e. The van der Waals surface area contributed by atoms with Crippen molar-refractivity contribution in [1.29, 1.82) is 0 Å². The summed E-state index contributed by atoms with van der Waals surface area (Å²) in [6, 6.07) is 0. The fourth-order valence-electron chi connectivity index (χ4n) is 6.47. The number of esters is 2. The van der Waals surface area contributed by atoms with E-state index in [0.717, 1.165) is 77.0 Å². The summed E-state index contributed by atoms with van der Waals surface area (Å²) in [7, 11) is 0. The van der Waals surface area contributed by atoms with Gasteiger partial charge in [0.2, 0.25) is 0 Å². The van der Waals surface area contributed by atoms with Gasteiger partial charge in [-0.05, 0) is 51.4 Å². The first-order valence-corrected chi connectivity index (χ1v) is 22.2. The maximum Gasteiger partial charge on any atom is 0.306 e. The van der Waals surface area contributed by atoms with Crippen LogP contribution in [0.4, 0.5) is 0 Å². The molecule has 1 aliphatic rings. The van der Waals surface area contributed by atoms with Crippen LogP contribution >= 0.6 is 0 Å². The molecule has 0 aromatic rings. The topological polar surface area (TPSA) is 152 Å². The van der Waals surface area contributed by atoms with Crippen LogP contribution in [0, 0.1) is 0 Å². The lowest BCUT2D eigenvalue weighted by Gasteiger charge is -2.39.